The fourth-order valence-electron chi connectivity index (χ4n) is 7.26. The molecule has 2 aromatic carbocycles. The fourth-order valence-corrected chi connectivity index (χ4v) is 7.26. The minimum absolute atomic E-state index is 0.0102. The van der Waals surface area contributed by atoms with Crippen molar-refractivity contribution in [2.24, 2.45) is 23.1 Å². The number of piperidine rings is 1. The van der Waals surface area contributed by atoms with Gasteiger partial charge in [0.25, 0.3) is 0 Å². The van der Waals surface area contributed by atoms with E-state index in [2.05, 4.69) is 16.0 Å². The zero-order chi connectivity index (χ0) is 40.1. The molecule has 0 saturated carbocycles. The Kier molecular flexibility index (Phi) is 16.2. The van der Waals surface area contributed by atoms with Crippen molar-refractivity contribution in [1.29, 1.82) is 0 Å². The van der Waals surface area contributed by atoms with E-state index in [-0.39, 0.29) is 75.0 Å². The Balaban J connectivity index is 1.46. The highest BCUT2D eigenvalue weighted by Crippen LogP contribution is 2.34. The van der Waals surface area contributed by atoms with Crippen LogP contribution in [0.5, 0.6) is 0 Å². The molecule has 0 aromatic heterocycles. The minimum atomic E-state index is -1.04. The summed E-state index contributed by atoms with van der Waals surface area (Å²) >= 11 is 0. The maximum atomic E-state index is 14.1. The van der Waals surface area contributed by atoms with Crippen LogP contribution in [0.3, 0.4) is 0 Å². The van der Waals surface area contributed by atoms with Crippen LogP contribution in [0, 0.1) is 5.92 Å². The van der Waals surface area contributed by atoms with E-state index in [4.69, 9.17) is 22.3 Å². The SMILES string of the molecule is CC(C)CC(NC(=O)C(Cc1ccccc1)NC(=O)C(N)Cc1ccccc1)C(=O)NC(CCCCN)C(=O)N1C2CC1CN(C(=O)C(N)CCC(=O)O)C2. The third kappa shape index (κ3) is 12.6. The van der Waals surface area contributed by atoms with Gasteiger partial charge in [-0.2, -0.15) is 0 Å². The van der Waals surface area contributed by atoms with Gasteiger partial charge in [0.1, 0.15) is 18.1 Å². The van der Waals surface area contributed by atoms with Gasteiger partial charge in [-0.1, -0.05) is 74.5 Å². The van der Waals surface area contributed by atoms with Crippen LogP contribution in [0.4, 0.5) is 0 Å². The second kappa shape index (κ2) is 20.7. The third-order valence-corrected chi connectivity index (χ3v) is 10.2. The van der Waals surface area contributed by atoms with Crippen LogP contribution in [-0.4, -0.2) is 112 Å². The Bertz CT molecular complexity index is 1600. The number of nitrogens with two attached hydrogens (primary N) is 3. The first-order chi connectivity index (χ1) is 26.3. The molecule has 0 spiro atoms. The number of piperazine rings is 1. The van der Waals surface area contributed by atoms with Gasteiger partial charge in [-0.25, -0.2) is 0 Å². The molecule has 2 aliphatic heterocycles. The number of hydrogen-bond donors (Lipinski definition) is 7. The Morgan fingerprint density at radius 1 is 0.709 bits per heavy atom. The van der Waals surface area contributed by atoms with Crippen LogP contribution in [0.1, 0.15) is 69.9 Å². The molecule has 2 fully saturated rings. The fraction of sp³-hybridized carbons (Fsp3) is 0.550. The van der Waals surface area contributed by atoms with Crippen LogP contribution >= 0.6 is 0 Å². The number of nitrogens with one attached hydrogen (secondary N) is 3. The number of aliphatic carboxylic acids is 1. The van der Waals surface area contributed by atoms with Gasteiger partial charge in [0.05, 0.1) is 24.2 Å². The number of carboxylic acids is 1. The smallest absolute Gasteiger partial charge is 0.303 e. The van der Waals surface area contributed by atoms with Crippen molar-refractivity contribution in [2.75, 3.05) is 19.6 Å². The number of benzene rings is 2. The second-order valence-corrected chi connectivity index (χ2v) is 15.2. The molecule has 10 N–H and O–H groups in total. The summed E-state index contributed by atoms with van der Waals surface area (Å²) in [4.78, 5) is 82.7. The van der Waals surface area contributed by atoms with Crippen LogP contribution in [-0.2, 0) is 41.6 Å². The van der Waals surface area contributed by atoms with Crippen LogP contribution in [0.2, 0.25) is 0 Å². The number of nitrogens with zero attached hydrogens (tertiary/aromatic N) is 2. The largest absolute Gasteiger partial charge is 0.481 e. The monoisotopic (exact) mass is 762 g/mol. The summed E-state index contributed by atoms with van der Waals surface area (Å²) in [6.45, 7) is 4.79. The topological polar surface area (TPSA) is 243 Å². The number of hydrogen-bond acceptors (Lipinski definition) is 9. The molecule has 15 heteroatoms. The van der Waals surface area contributed by atoms with E-state index < -0.39 is 53.9 Å². The van der Waals surface area contributed by atoms with Crippen molar-refractivity contribution in [3.05, 3.63) is 71.8 Å². The number of carbonyl (C=O) groups excluding carboxylic acids is 5. The van der Waals surface area contributed by atoms with Gasteiger partial charge in [0.2, 0.25) is 29.5 Å². The van der Waals surface area contributed by atoms with Gasteiger partial charge >= 0.3 is 5.97 Å². The molecular formula is C40H58N8O7. The van der Waals surface area contributed by atoms with Crippen molar-refractivity contribution in [1.82, 2.24) is 25.8 Å². The number of unbranched alkanes of at least 4 members (excludes halogenated alkanes) is 1. The van der Waals surface area contributed by atoms with Crippen molar-refractivity contribution in [3.63, 3.8) is 0 Å². The molecule has 2 heterocycles. The number of likely N-dealkylation sites (tertiary alicyclic amines) is 2. The van der Waals surface area contributed by atoms with Gasteiger partial charge in [0, 0.05) is 25.9 Å². The summed E-state index contributed by atoms with van der Waals surface area (Å²) in [5, 5.41) is 17.6. The lowest BCUT2D eigenvalue weighted by Gasteiger charge is -2.57. The predicted octanol–water partition coefficient (Wildman–Crippen LogP) is 0.432. The zero-order valence-corrected chi connectivity index (χ0v) is 31.9. The lowest BCUT2D eigenvalue weighted by Crippen LogP contribution is -2.73. The number of carboxylic acid groups (broad SMARTS) is 1. The van der Waals surface area contributed by atoms with E-state index in [1.54, 1.807) is 9.80 Å². The van der Waals surface area contributed by atoms with Crippen LogP contribution in [0.25, 0.3) is 0 Å². The van der Waals surface area contributed by atoms with E-state index in [9.17, 15) is 28.8 Å². The van der Waals surface area contributed by atoms with E-state index in [1.807, 2.05) is 74.5 Å². The molecule has 7 atom stereocenters. The summed E-state index contributed by atoms with van der Waals surface area (Å²) < 4.78 is 0. The molecule has 2 bridgehead atoms. The summed E-state index contributed by atoms with van der Waals surface area (Å²) in [5.74, 6) is -3.24. The molecule has 300 valence electrons. The summed E-state index contributed by atoms with van der Waals surface area (Å²) in [5.41, 5.74) is 19.7. The van der Waals surface area contributed by atoms with Crippen LogP contribution < -0.4 is 33.2 Å². The molecule has 0 aliphatic carbocycles. The highest BCUT2D eigenvalue weighted by molar-refractivity contribution is 5.95. The average Bonchev–Trinajstić information content (AvgIpc) is 3.16. The lowest BCUT2D eigenvalue weighted by atomic mass is 9.85. The maximum absolute atomic E-state index is 14.1. The lowest BCUT2D eigenvalue weighted by molar-refractivity contribution is -0.163. The first-order valence-corrected chi connectivity index (χ1v) is 19.3. The van der Waals surface area contributed by atoms with Gasteiger partial charge in [-0.3, -0.25) is 28.8 Å². The average molecular weight is 763 g/mol. The number of carbonyl (C=O) groups is 6. The second-order valence-electron chi connectivity index (χ2n) is 15.2. The molecule has 4 rings (SSSR count). The first kappa shape index (κ1) is 42.9. The van der Waals surface area contributed by atoms with E-state index in [1.165, 1.54) is 0 Å². The number of amides is 5. The summed E-state index contributed by atoms with van der Waals surface area (Å²) in [6.07, 6.45) is 2.76. The molecule has 2 saturated heterocycles. The highest BCUT2D eigenvalue weighted by atomic mass is 16.4. The molecule has 55 heavy (non-hydrogen) atoms. The van der Waals surface area contributed by atoms with Crippen molar-refractivity contribution >= 4 is 35.5 Å². The summed E-state index contributed by atoms with van der Waals surface area (Å²) in [6, 6.07) is 13.2. The predicted molar refractivity (Wildman–Crippen MR) is 207 cm³/mol. The minimum Gasteiger partial charge on any atom is -0.481 e. The highest BCUT2D eigenvalue weighted by Gasteiger charge is 2.50. The quantitative estimate of drug-likeness (QED) is 0.0866. The standard InChI is InChI=1S/C40H58N8O7/c1-25(2)19-33(46-38(53)34(21-27-13-7-4-8-14-27)45-36(51)31(43)20-26-11-5-3-6-12-26)37(52)44-32(15-9-10-18-41)40(55)48-28-22-29(48)24-47(23-28)39(54)30(42)16-17-35(49)50/h3-8,11-14,25,28-34H,9-10,15-24,41-43H2,1-2H3,(H,44,52)(H,45,51)(H,46,53)(H,49,50). The van der Waals surface area contributed by atoms with E-state index >= 15 is 0 Å². The molecule has 2 aromatic rings. The molecule has 7 unspecified atom stereocenters. The Hall–Kier alpha value is -4.86. The third-order valence-electron chi connectivity index (χ3n) is 10.2. The normalized spacial score (nSPS) is 18.9. The first-order valence-electron chi connectivity index (χ1n) is 19.3. The molecule has 5 amide bonds. The van der Waals surface area contributed by atoms with Gasteiger partial charge in [-0.05, 0) is 68.5 Å². The van der Waals surface area contributed by atoms with Gasteiger partial charge in [-0.15, -0.1) is 0 Å². The van der Waals surface area contributed by atoms with Crippen molar-refractivity contribution in [2.45, 2.75) is 114 Å². The molecular weight excluding hydrogens is 704 g/mol. The van der Waals surface area contributed by atoms with E-state index in [0.29, 0.717) is 32.2 Å². The van der Waals surface area contributed by atoms with E-state index in [0.717, 1.165) is 11.1 Å². The Morgan fingerprint density at radius 2 is 1.25 bits per heavy atom. The number of fused-ring (bicyclic) bond motifs is 2. The number of rotatable bonds is 21. The molecule has 2 aliphatic rings. The molecule has 15 nitrogen and oxygen atoms in total. The Morgan fingerprint density at radius 3 is 1.82 bits per heavy atom. The van der Waals surface area contributed by atoms with Crippen LogP contribution in [0.15, 0.2) is 60.7 Å². The van der Waals surface area contributed by atoms with Gasteiger partial charge in [0.15, 0.2) is 0 Å². The Labute approximate surface area is 323 Å². The zero-order valence-electron chi connectivity index (χ0n) is 31.9. The summed E-state index contributed by atoms with van der Waals surface area (Å²) in [7, 11) is 0. The molecule has 0 radical (unpaired) electrons. The van der Waals surface area contributed by atoms with Crippen molar-refractivity contribution in [3.8, 4) is 0 Å². The van der Waals surface area contributed by atoms with Crippen molar-refractivity contribution < 1.29 is 33.9 Å². The maximum Gasteiger partial charge on any atom is 0.303 e. The van der Waals surface area contributed by atoms with Gasteiger partial charge < -0.3 is 48.1 Å².